The fraction of sp³-hybridized carbons (Fsp3) is 0. The second-order valence-corrected chi connectivity index (χ2v) is 4.37. The highest BCUT2D eigenvalue weighted by Gasteiger charge is 2.13. The van der Waals surface area contributed by atoms with Gasteiger partial charge in [0.05, 0.1) is 0 Å². The number of nitrogens with one attached hydrogen (secondary N) is 1. The molecule has 0 aliphatic rings. The molecular formula is C13H8F4N2S. The van der Waals surface area contributed by atoms with Gasteiger partial charge in [-0.25, -0.2) is 17.6 Å². The van der Waals surface area contributed by atoms with Gasteiger partial charge in [0.15, 0.2) is 11.6 Å². The summed E-state index contributed by atoms with van der Waals surface area (Å²) in [5.41, 5.74) is 4.81. The van der Waals surface area contributed by atoms with Crippen molar-refractivity contribution in [1.82, 2.24) is 0 Å². The number of hydrogen-bond donors (Lipinski definition) is 2. The zero-order chi connectivity index (χ0) is 14.9. The second-order valence-electron chi connectivity index (χ2n) is 3.93. The average molecular weight is 300 g/mol. The molecule has 0 saturated carbocycles. The van der Waals surface area contributed by atoms with Crippen LogP contribution in [0.1, 0.15) is 5.56 Å². The standard InChI is InChI=1S/C13H8F4N2S/c14-8-2-1-7(5-9(8)15)19-12-10(16)3-6(13(18)20)4-11(12)17/h1-5,19H,(H2,18,20). The fourth-order valence-electron chi connectivity index (χ4n) is 1.55. The van der Waals surface area contributed by atoms with Gasteiger partial charge in [-0.2, -0.15) is 0 Å². The van der Waals surface area contributed by atoms with E-state index in [4.69, 9.17) is 5.73 Å². The summed E-state index contributed by atoms with van der Waals surface area (Å²) in [7, 11) is 0. The van der Waals surface area contributed by atoms with E-state index in [-0.39, 0.29) is 16.2 Å². The van der Waals surface area contributed by atoms with Crippen molar-refractivity contribution in [1.29, 1.82) is 0 Å². The summed E-state index contributed by atoms with van der Waals surface area (Å²) >= 11 is 4.62. The lowest BCUT2D eigenvalue weighted by Gasteiger charge is -2.10. The predicted molar refractivity (Wildman–Crippen MR) is 71.9 cm³/mol. The van der Waals surface area contributed by atoms with Crippen molar-refractivity contribution in [3.63, 3.8) is 0 Å². The highest BCUT2D eigenvalue weighted by molar-refractivity contribution is 7.80. The molecule has 0 spiro atoms. The third-order valence-corrected chi connectivity index (χ3v) is 2.75. The van der Waals surface area contributed by atoms with Gasteiger partial charge in [0.25, 0.3) is 0 Å². The molecule has 7 heteroatoms. The molecule has 104 valence electrons. The van der Waals surface area contributed by atoms with Gasteiger partial charge >= 0.3 is 0 Å². The van der Waals surface area contributed by atoms with Crippen LogP contribution in [-0.2, 0) is 0 Å². The van der Waals surface area contributed by atoms with E-state index in [0.29, 0.717) is 0 Å². The average Bonchev–Trinajstić information content (AvgIpc) is 2.37. The Labute approximate surface area is 117 Å². The molecule has 0 amide bonds. The van der Waals surface area contributed by atoms with Crippen LogP contribution < -0.4 is 11.1 Å². The van der Waals surface area contributed by atoms with Gasteiger partial charge in [-0.3, -0.25) is 0 Å². The summed E-state index contributed by atoms with van der Waals surface area (Å²) in [5, 5.41) is 2.33. The Hall–Kier alpha value is -2.15. The van der Waals surface area contributed by atoms with E-state index in [1.54, 1.807) is 0 Å². The lowest BCUT2D eigenvalue weighted by molar-refractivity contribution is 0.509. The maximum atomic E-state index is 13.8. The van der Waals surface area contributed by atoms with Crippen molar-refractivity contribution in [2.45, 2.75) is 0 Å². The molecule has 2 nitrogen and oxygen atoms in total. The van der Waals surface area contributed by atoms with Crippen LogP contribution in [0.3, 0.4) is 0 Å². The number of rotatable bonds is 3. The summed E-state index contributed by atoms with van der Waals surface area (Å²) in [4.78, 5) is -0.151. The van der Waals surface area contributed by atoms with Gasteiger partial charge in [-0.05, 0) is 24.3 Å². The van der Waals surface area contributed by atoms with E-state index < -0.39 is 29.0 Å². The van der Waals surface area contributed by atoms with E-state index in [1.165, 1.54) is 0 Å². The molecule has 0 aliphatic heterocycles. The van der Waals surface area contributed by atoms with Crippen molar-refractivity contribution in [2.24, 2.45) is 5.73 Å². The van der Waals surface area contributed by atoms with Crippen molar-refractivity contribution in [3.05, 3.63) is 59.2 Å². The topological polar surface area (TPSA) is 38.0 Å². The molecule has 0 aromatic heterocycles. The first-order valence-corrected chi connectivity index (χ1v) is 5.80. The summed E-state index contributed by atoms with van der Waals surface area (Å²) < 4.78 is 53.3. The number of anilines is 2. The predicted octanol–water partition coefficient (Wildman–Crippen LogP) is 3.62. The van der Waals surface area contributed by atoms with Crippen molar-refractivity contribution in [2.75, 3.05) is 5.32 Å². The smallest absolute Gasteiger partial charge is 0.160 e. The SMILES string of the molecule is NC(=S)c1cc(F)c(Nc2ccc(F)c(F)c2)c(F)c1. The van der Waals surface area contributed by atoms with E-state index in [2.05, 4.69) is 17.5 Å². The van der Waals surface area contributed by atoms with Crippen LogP contribution in [0.4, 0.5) is 28.9 Å². The monoisotopic (exact) mass is 300 g/mol. The van der Waals surface area contributed by atoms with Crippen molar-refractivity contribution < 1.29 is 17.6 Å². The van der Waals surface area contributed by atoms with Crippen LogP contribution in [0, 0.1) is 23.3 Å². The summed E-state index contributed by atoms with van der Waals surface area (Å²) in [6, 6.07) is 4.69. The number of halogens is 4. The molecule has 0 radical (unpaired) electrons. The van der Waals surface area contributed by atoms with Gasteiger partial charge in [0.1, 0.15) is 22.3 Å². The minimum Gasteiger partial charge on any atom is -0.389 e. The fourth-order valence-corrected chi connectivity index (χ4v) is 1.67. The van der Waals surface area contributed by atoms with Crippen LogP contribution in [0.15, 0.2) is 30.3 Å². The molecule has 0 fully saturated rings. The Bertz CT molecular complexity index is 665. The summed E-state index contributed by atoms with van der Waals surface area (Å²) in [5.74, 6) is -4.08. The summed E-state index contributed by atoms with van der Waals surface area (Å²) in [6.07, 6.45) is 0. The van der Waals surface area contributed by atoms with Crippen LogP contribution in [0.5, 0.6) is 0 Å². The lowest BCUT2D eigenvalue weighted by Crippen LogP contribution is -2.11. The molecule has 2 aromatic rings. The molecular weight excluding hydrogens is 292 g/mol. The van der Waals surface area contributed by atoms with E-state index in [1.807, 2.05) is 0 Å². The van der Waals surface area contributed by atoms with E-state index >= 15 is 0 Å². The van der Waals surface area contributed by atoms with Gasteiger partial charge in [-0.15, -0.1) is 0 Å². The van der Waals surface area contributed by atoms with Gasteiger partial charge in [-0.1, -0.05) is 12.2 Å². The summed E-state index contributed by atoms with van der Waals surface area (Å²) in [6.45, 7) is 0. The van der Waals surface area contributed by atoms with Crippen molar-refractivity contribution >= 4 is 28.6 Å². The molecule has 0 unspecified atom stereocenters. The third kappa shape index (κ3) is 2.88. The zero-order valence-electron chi connectivity index (χ0n) is 9.88. The molecule has 0 heterocycles. The Kier molecular flexibility index (Phi) is 3.89. The van der Waals surface area contributed by atoms with E-state index in [9.17, 15) is 17.6 Å². The molecule has 0 bridgehead atoms. The van der Waals surface area contributed by atoms with Gasteiger partial charge in [0, 0.05) is 17.3 Å². The normalized spacial score (nSPS) is 10.4. The Morgan fingerprint density at radius 2 is 1.50 bits per heavy atom. The van der Waals surface area contributed by atoms with Gasteiger partial charge in [0.2, 0.25) is 0 Å². The Balaban J connectivity index is 2.38. The molecule has 0 aliphatic carbocycles. The molecule has 20 heavy (non-hydrogen) atoms. The number of benzene rings is 2. The highest BCUT2D eigenvalue weighted by atomic mass is 32.1. The molecule has 0 atom stereocenters. The third-order valence-electron chi connectivity index (χ3n) is 2.52. The maximum absolute atomic E-state index is 13.8. The Morgan fingerprint density at radius 1 is 0.900 bits per heavy atom. The van der Waals surface area contributed by atoms with Gasteiger partial charge < -0.3 is 11.1 Å². The molecule has 0 saturated heterocycles. The van der Waals surface area contributed by atoms with Crippen LogP contribution in [0.25, 0.3) is 0 Å². The van der Waals surface area contributed by atoms with E-state index in [0.717, 1.165) is 30.3 Å². The number of hydrogen-bond acceptors (Lipinski definition) is 2. The largest absolute Gasteiger partial charge is 0.389 e. The van der Waals surface area contributed by atoms with Crippen LogP contribution >= 0.6 is 12.2 Å². The first-order chi connectivity index (χ1) is 9.38. The molecule has 3 N–H and O–H groups in total. The lowest BCUT2D eigenvalue weighted by atomic mass is 10.1. The van der Waals surface area contributed by atoms with Crippen molar-refractivity contribution in [3.8, 4) is 0 Å². The minimum atomic E-state index is -1.13. The zero-order valence-corrected chi connectivity index (χ0v) is 10.7. The molecule has 2 aromatic carbocycles. The number of nitrogens with two attached hydrogens (primary N) is 1. The first-order valence-electron chi connectivity index (χ1n) is 5.39. The van der Waals surface area contributed by atoms with Crippen LogP contribution in [0.2, 0.25) is 0 Å². The quantitative estimate of drug-likeness (QED) is 0.671. The van der Waals surface area contributed by atoms with Crippen LogP contribution in [-0.4, -0.2) is 4.99 Å². The first kappa shape index (κ1) is 14.3. The molecule has 2 rings (SSSR count). The second kappa shape index (κ2) is 5.46. The highest BCUT2D eigenvalue weighted by Crippen LogP contribution is 2.25. The Morgan fingerprint density at radius 3 is 2.00 bits per heavy atom. The minimum absolute atomic E-state index is 0.00442. The maximum Gasteiger partial charge on any atom is 0.160 e. The number of thiocarbonyl (C=S) groups is 1.